The Balaban J connectivity index is 4.32. The summed E-state index contributed by atoms with van der Waals surface area (Å²) in [7, 11) is -5.42. The maximum absolute atomic E-state index is 10.7. The molecule has 0 unspecified atom stereocenters. The molecule has 0 aliphatic heterocycles. The van der Waals surface area contributed by atoms with Crippen LogP contribution in [0.1, 0.15) is 0 Å². The minimum atomic E-state index is -3.45. The molecule has 0 aromatic carbocycles. The number of hydrogen-bond donors (Lipinski definition) is 0. The first-order valence-corrected chi connectivity index (χ1v) is 7.73. The van der Waals surface area contributed by atoms with Crippen LogP contribution >= 0.6 is 0 Å². The van der Waals surface area contributed by atoms with Gasteiger partial charge in [-0.2, -0.15) is 8.42 Å². The van der Waals surface area contributed by atoms with Gasteiger partial charge in [-0.05, 0) is 19.6 Å². The number of hydrogen-bond acceptors (Lipinski definition) is 3. The van der Waals surface area contributed by atoms with Gasteiger partial charge in [0.15, 0.2) is 0 Å². The van der Waals surface area contributed by atoms with E-state index >= 15 is 0 Å². The molecular weight excluding hydrogens is 168 g/mol. The number of rotatable bonds is 3. The molecule has 0 aliphatic rings. The summed E-state index contributed by atoms with van der Waals surface area (Å²) >= 11 is 0. The van der Waals surface area contributed by atoms with E-state index in [0.717, 1.165) is 5.41 Å². The normalized spacial score (nSPS) is 13.1. The van der Waals surface area contributed by atoms with E-state index in [1.165, 1.54) is 0 Å². The van der Waals surface area contributed by atoms with Gasteiger partial charge in [0.2, 0.25) is 8.32 Å². The van der Waals surface area contributed by atoms with Crippen LogP contribution in [0.4, 0.5) is 0 Å². The van der Waals surface area contributed by atoms with E-state index in [1.54, 1.807) is 19.6 Å². The highest BCUT2D eigenvalue weighted by Gasteiger charge is 2.21. The van der Waals surface area contributed by atoms with Gasteiger partial charge in [0, 0.05) is 5.41 Å². The Morgan fingerprint density at radius 2 is 1.80 bits per heavy atom. The molecule has 0 rings (SSSR count). The van der Waals surface area contributed by atoms with E-state index in [4.69, 9.17) is 3.87 Å². The molecule has 0 aromatic heterocycles. The Labute approximate surface area is 63.0 Å². The minimum Gasteiger partial charge on any atom is -0.312 e. The molecule has 3 nitrogen and oxygen atoms in total. The molecule has 0 amide bonds. The molecule has 5 heteroatoms. The van der Waals surface area contributed by atoms with Gasteiger partial charge in [-0.1, -0.05) is 6.58 Å². The molecule has 0 aliphatic carbocycles. The van der Waals surface area contributed by atoms with Crippen molar-refractivity contribution in [2.75, 3.05) is 0 Å². The Bertz CT molecular complexity index is 212. The van der Waals surface area contributed by atoms with Gasteiger partial charge in [0.25, 0.3) is 10.1 Å². The third-order valence-electron chi connectivity index (χ3n) is 0.570. The summed E-state index contributed by atoms with van der Waals surface area (Å²) in [4.78, 5) is 0. The molecule has 0 N–H and O–H groups in total. The monoisotopic (exact) mass is 180 g/mol. The van der Waals surface area contributed by atoms with Gasteiger partial charge >= 0.3 is 0 Å². The maximum Gasteiger partial charge on any atom is 0.279 e. The Morgan fingerprint density at radius 3 is 1.90 bits per heavy atom. The fourth-order valence-electron chi connectivity index (χ4n) is 0.382. The Morgan fingerprint density at radius 1 is 1.40 bits per heavy atom. The summed E-state index contributed by atoms with van der Waals surface area (Å²) < 4.78 is 26.2. The van der Waals surface area contributed by atoms with Crippen LogP contribution in [-0.2, 0) is 14.0 Å². The molecule has 0 aromatic rings. The van der Waals surface area contributed by atoms with E-state index in [-0.39, 0.29) is 0 Å². The third kappa shape index (κ3) is 4.72. The first kappa shape index (κ1) is 9.87. The first-order valence-electron chi connectivity index (χ1n) is 2.85. The molecule has 60 valence electrons. The summed E-state index contributed by atoms with van der Waals surface area (Å²) in [6.07, 6.45) is 0. The topological polar surface area (TPSA) is 43.4 Å². The molecule has 0 heterocycles. The summed E-state index contributed by atoms with van der Waals surface area (Å²) in [5.74, 6) is 0. The zero-order chi connectivity index (χ0) is 8.41. The third-order valence-corrected chi connectivity index (χ3v) is 3.91. The highest BCUT2D eigenvalue weighted by Crippen LogP contribution is 2.08. The van der Waals surface area contributed by atoms with Crippen LogP contribution < -0.4 is 0 Å². The van der Waals surface area contributed by atoms with Crippen LogP contribution in [0.5, 0.6) is 0 Å². The first-order chi connectivity index (χ1) is 4.27. The molecule has 0 radical (unpaired) electrons. The molecule has 0 spiro atoms. The molecular formula is C5H12O3SSi. The fourth-order valence-corrected chi connectivity index (χ4v) is 3.44. The molecule has 0 saturated heterocycles. The van der Waals surface area contributed by atoms with Crippen molar-refractivity contribution in [2.45, 2.75) is 19.6 Å². The molecule has 10 heavy (non-hydrogen) atoms. The van der Waals surface area contributed by atoms with Crippen molar-refractivity contribution in [3.63, 3.8) is 0 Å². The van der Waals surface area contributed by atoms with Crippen LogP contribution in [0.15, 0.2) is 12.0 Å². The van der Waals surface area contributed by atoms with Crippen LogP contribution in [0.25, 0.3) is 0 Å². The van der Waals surface area contributed by atoms with Crippen LogP contribution in [0.2, 0.25) is 19.6 Å². The predicted molar refractivity (Wildman–Crippen MR) is 43.5 cm³/mol. The van der Waals surface area contributed by atoms with E-state index in [9.17, 15) is 8.42 Å². The maximum atomic E-state index is 10.7. The van der Waals surface area contributed by atoms with Crippen molar-refractivity contribution >= 4 is 18.4 Å². The van der Waals surface area contributed by atoms with Crippen molar-refractivity contribution in [2.24, 2.45) is 0 Å². The minimum absolute atomic E-state index is 0.825. The zero-order valence-electron chi connectivity index (χ0n) is 6.42. The second kappa shape index (κ2) is 2.85. The molecule has 0 bridgehead atoms. The van der Waals surface area contributed by atoms with Gasteiger partial charge in [-0.15, -0.1) is 0 Å². The lowest BCUT2D eigenvalue weighted by atomic mass is 11.3. The largest absolute Gasteiger partial charge is 0.312 e. The lowest BCUT2D eigenvalue weighted by molar-refractivity contribution is 0.496. The summed E-state index contributed by atoms with van der Waals surface area (Å²) in [6.45, 7) is 8.52. The van der Waals surface area contributed by atoms with E-state index in [2.05, 4.69) is 6.58 Å². The second-order valence-electron chi connectivity index (χ2n) is 2.86. The average Bonchev–Trinajstić information content (AvgIpc) is 1.60. The van der Waals surface area contributed by atoms with Gasteiger partial charge in [0.1, 0.15) is 0 Å². The van der Waals surface area contributed by atoms with Crippen LogP contribution in [-0.4, -0.2) is 16.7 Å². The van der Waals surface area contributed by atoms with Crippen LogP contribution in [0, 0.1) is 0 Å². The van der Waals surface area contributed by atoms with Crippen molar-refractivity contribution in [1.82, 2.24) is 0 Å². The van der Waals surface area contributed by atoms with E-state index in [0.29, 0.717) is 0 Å². The van der Waals surface area contributed by atoms with E-state index < -0.39 is 18.4 Å². The summed E-state index contributed by atoms with van der Waals surface area (Å²) in [5, 5.41) is 0.825. The van der Waals surface area contributed by atoms with Crippen molar-refractivity contribution < 1.29 is 12.3 Å². The van der Waals surface area contributed by atoms with Gasteiger partial charge in [0.05, 0.1) is 0 Å². The second-order valence-corrected chi connectivity index (χ2v) is 9.07. The van der Waals surface area contributed by atoms with Crippen LogP contribution in [0.3, 0.4) is 0 Å². The highest BCUT2D eigenvalue weighted by atomic mass is 32.2. The fraction of sp³-hybridized carbons (Fsp3) is 0.600. The standard InChI is InChI=1S/C5H12O3SSi/c1-5-9(6,7)8-10(2,3)4/h5H,1H2,2-4H3. The highest BCUT2D eigenvalue weighted by molar-refractivity contribution is 7.90. The quantitative estimate of drug-likeness (QED) is 0.615. The zero-order valence-corrected chi connectivity index (χ0v) is 8.23. The summed E-state index contributed by atoms with van der Waals surface area (Å²) in [6, 6.07) is 0. The van der Waals surface area contributed by atoms with Gasteiger partial charge in [-0.3, -0.25) is 0 Å². The Hall–Kier alpha value is -0.133. The molecule has 0 atom stereocenters. The molecule has 0 saturated carbocycles. The van der Waals surface area contributed by atoms with Crippen molar-refractivity contribution in [3.05, 3.63) is 12.0 Å². The molecule has 0 fully saturated rings. The Kier molecular flexibility index (Phi) is 2.82. The lowest BCUT2D eigenvalue weighted by Gasteiger charge is -2.13. The van der Waals surface area contributed by atoms with Crippen molar-refractivity contribution in [3.8, 4) is 0 Å². The van der Waals surface area contributed by atoms with Gasteiger partial charge in [-0.25, -0.2) is 0 Å². The summed E-state index contributed by atoms with van der Waals surface area (Å²) in [5.41, 5.74) is 0. The lowest BCUT2D eigenvalue weighted by Crippen LogP contribution is -2.28. The smallest absolute Gasteiger partial charge is 0.279 e. The average molecular weight is 180 g/mol. The van der Waals surface area contributed by atoms with Gasteiger partial charge < -0.3 is 3.87 Å². The predicted octanol–water partition coefficient (Wildman–Crippen LogP) is 1.31. The van der Waals surface area contributed by atoms with Crippen molar-refractivity contribution in [1.29, 1.82) is 0 Å². The van der Waals surface area contributed by atoms with E-state index in [1.807, 2.05) is 0 Å². The SMILES string of the molecule is C=CS(=O)(=O)O[Si](C)(C)C.